The highest BCUT2D eigenvalue weighted by atomic mass is 32.2. The summed E-state index contributed by atoms with van der Waals surface area (Å²) < 4.78 is 53.4. The Bertz CT molecular complexity index is 1130. The van der Waals surface area contributed by atoms with Crippen molar-refractivity contribution in [3.8, 4) is 0 Å². The molecule has 0 heterocycles. The van der Waals surface area contributed by atoms with E-state index in [1.807, 2.05) is 6.92 Å². The molecule has 0 bridgehead atoms. The van der Waals surface area contributed by atoms with Crippen molar-refractivity contribution < 1.29 is 22.0 Å². The first-order valence-corrected chi connectivity index (χ1v) is 10.6. The van der Waals surface area contributed by atoms with E-state index < -0.39 is 15.8 Å². The molecule has 2 N–H and O–H groups in total. The van der Waals surface area contributed by atoms with Gasteiger partial charge in [0, 0.05) is 12.1 Å². The summed E-state index contributed by atoms with van der Waals surface area (Å²) in [6, 6.07) is 16.7. The van der Waals surface area contributed by atoms with Gasteiger partial charge in [0.25, 0.3) is 10.0 Å². The zero-order chi connectivity index (χ0) is 21.7. The maximum Gasteiger partial charge on any atom is 0.261 e. The number of hydrogen-bond donors (Lipinski definition) is 2. The molecule has 3 rings (SSSR count). The second-order valence-corrected chi connectivity index (χ2v) is 8.53. The van der Waals surface area contributed by atoms with Gasteiger partial charge in [-0.1, -0.05) is 25.1 Å². The molecule has 0 aliphatic carbocycles. The summed E-state index contributed by atoms with van der Waals surface area (Å²) in [7, 11) is -3.89. The molecule has 0 fully saturated rings. The van der Waals surface area contributed by atoms with Crippen molar-refractivity contribution in [2.75, 3.05) is 10.0 Å². The fourth-order valence-corrected chi connectivity index (χ4v) is 3.93. The van der Waals surface area contributed by atoms with E-state index in [2.05, 4.69) is 10.0 Å². The van der Waals surface area contributed by atoms with E-state index >= 15 is 0 Å². The number of amides is 1. The molecular weight excluding hydrogens is 410 g/mol. The van der Waals surface area contributed by atoms with Gasteiger partial charge in [-0.2, -0.15) is 0 Å². The first-order valence-electron chi connectivity index (χ1n) is 9.17. The topological polar surface area (TPSA) is 75.3 Å². The molecule has 1 amide bonds. The van der Waals surface area contributed by atoms with Gasteiger partial charge in [-0.05, 0) is 66.1 Å². The normalized spacial score (nSPS) is 12.2. The molecule has 0 radical (unpaired) electrons. The molecular formula is C22H20F2N2O3S. The minimum absolute atomic E-state index is 0.0237. The molecule has 0 aliphatic rings. The summed E-state index contributed by atoms with van der Waals surface area (Å²) in [5.41, 5.74) is 1.40. The molecule has 8 heteroatoms. The zero-order valence-electron chi connectivity index (χ0n) is 16.1. The first kappa shape index (κ1) is 21.4. The maximum atomic E-state index is 13.2. The Labute approximate surface area is 173 Å². The zero-order valence-corrected chi connectivity index (χ0v) is 16.9. The fourth-order valence-electron chi connectivity index (χ4n) is 2.88. The number of benzene rings is 3. The minimum atomic E-state index is -3.89. The summed E-state index contributed by atoms with van der Waals surface area (Å²) >= 11 is 0. The van der Waals surface area contributed by atoms with Crippen molar-refractivity contribution >= 4 is 27.3 Å². The molecule has 1 unspecified atom stereocenters. The van der Waals surface area contributed by atoms with E-state index in [0.29, 0.717) is 5.69 Å². The third-order valence-electron chi connectivity index (χ3n) is 4.46. The monoisotopic (exact) mass is 430 g/mol. The van der Waals surface area contributed by atoms with E-state index in [9.17, 15) is 22.0 Å². The Morgan fingerprint density at radius 3 is 2.20 bits per heavy atom. The third kappa shape index (κ3) is 5.64. The lowest BCUT2D eigenvalue weighted by Gasteiger charge is -2.13. The van der Waals surface area contributed by atoms with Gasteiger partial charge < -0.3 is 5.32 Å². The quantitative estimate of drug-likeness (QED) is 0.560. The van der Waals surface area contributed by atoms with Gasteiger partial charge in [-0.3, -0.25) is 9.52 Å². The first-order chi connectivity index (χ1) is 14.2. The smallest absolute Gasteiger partial charge is 0.261 e. The maximum absolute atomic E-state index is 13.2. The van der Waals surface area contributed by atoms with E-state index in [-0.39, 0.29) is 34.6 Å². The number of sulfonamides is 1. The van der Waals surface area contributed by atoms with Crippen molar-refractivity contribution in [3.63, 3.8) is 0 Å². The van der Waals surface area contributed by atoms with Gasteiger partial charge in [-0.25, -0.2) is 17.2 Å². The van der Waals surface area contributed by atoms with Crippen LogP contribution in [0.1, 0.15) is 24.8 Å². The molecule has 0 spiro atoms. The van der Waals surface area contributed by atoms with Crippen LogP contribution in [0.3, 0.4) is 0 Å². The van der Waals surface area contributed by atoms with Gasteiger partial charge in [0.15, 0.2) is 0 Å². The average molecular weight is 430 g/mol. The van der Waals surface area contributed by atoms with Crippen LogP contribution in [0.25, 0.3) is 0 Å². The van der Waals surface area contributed by atoms with Gasteiger partial charge in [-0.15, -0.1) is 0 Å². The summed E-state index contributed by atoms with van der Waals surface area (Å²) in [5.74, 6) is -1.25. The highest BCUT2D eigenvalue weighted by Crippen LogP contribution is 2.22. The van der Waals surface area contributed by atoms with Crippen molar-refractivity contribution in [1.82, 2.24) is 0 Å². The highest BCUT2D eigenvalue weighted by molar-refractivity contribution is 7.92. The second kappa shape index (κ2) is 9.04. The lowest BCUT2D eigenvalue weighted by Crippen LogP contribution is -2.15. The van der Waals surface area contributed by atoms with Crippen LogP contribution in [0.5, 0.6) is 0 Å². The number of carbonyl (C=O) groups excluding carboxylic acids is 1. The minimum Gasteiger partial charge on any atom is -0.326 e. The van der Waals surface area contributed by atoms with Gasteiger partial charge >= 0.3 is 0 Å². The summed E-state index contributed by atoms with van der Waals surface area (Å²) in [6.07, 6.45) is 0.187. The van der Waals surface area contributed by atoms with Crippen LogP contribution >= 0.6 is 0 Å². The number of nitrogens with one attached hydrogen (secondary N) is 2. The molecule has 5 nitrogen and oxygen atoms in total. The van der Waals surface area contributed by atoms with Crippen LogP contribution in [-0.2, 0) is 14.8 Å². The van der Waals surface area contributed by atoms with Gasteiger partial charge in [0.05, 0.1) is 10.6 Å². The van der Waals surface area contributed by atoms with Crippen molar-refractivity contribution in [2.45, 2.75) is 24.2 Å². The van der Waals surface area contributed by atoms with Crippen LogP contribution in [0.4, 0.5) is 20.2 Å². The molecule has 0 aliphatic heterocycles. The largest absolute Gasteiger partial charge is 0.326 e. The fraction of sp³-hybridized carbons (Fsp3) is 0.136. The Morgan fingerprint density at radius 1 is 0.900 bits per heavy atom. The predicted octanol–water partition coefficient (Wildman–Crippen LogP) is 4.90. The van der Waals surface area contributed by atoms with Gasteiger partial charge in [0.2, 0.25) is 5.91 Å². The third-order valence-corrected chi connectivity index (χ3v) is 5.85. The van der Waals surface area contributed by atoms with E-state index in [4.69, 9.17) is 0 Å². The molecule has 156 valence electrons. The average Bonchev–Trinajstić information content (AvgIpc) is 2.68. The number of carbonyl (C=O) groups is 1. The van der Waals surface area contributed by atoms with Crippen LogP contribution < -0.4 is 10.0 Å². The molecule has 3 aromatic carbocycles. The van der Waals surface area contributed by atoms with Crippen LogP contribution in [-0.4, -0.2) is 14.3 Å². The Kier molecular flexibility index (Phi) is 6.47. The summed E-state index contributed by atoms with van der Waals surface area (Å²) in [4.78, 5) is 12.2. The van der Waals surface area contributed by atoms with Crippen LogP contribution in [0, 0.1) is 11.6 Å². The van der Waals surface area contributed by atoms with E-state index in [0.717, 1.165) is 11.6 Å². The van der Waals surface area contributed by atoms with E-state index in [1.54, 1.807) is 12.1 Å². The second-order valence-electron chi connectivity index (χ2n) is 6.85. The van der Waals surface area contributed by atoms with Crippen molar-refractivity contribution in [2.24, 2.45) is 0 Å². The van der Waals surface area contributed by atoms with Gasteiger partial charge in [0.1, 0.15) is 11.6 Å². The molecule has 0 saturated carbocycles. The number of hydrogen-bond acceptors (Lipinski definition) is 3. The molecule has 0 aromatic heterocycles. The number of rotatable bonds is 7. The lowest BCUT2D eigenvalue weighted by atomic mass is 9.97. The SMILES string of the molecule is CC(CC(=O)Nc1ccc(S(=O)(=O)Nc2cccc(F)c2)cc1)c1ccc(F)cc1. The molecule has 30 heavy (non-hydrogen) atoms. The Hall–Kier alpha value is -3.26. The van der Waals surface area contributed by atoms with Crippen LogP contribution in [0.15, 0.2) is 77.7 Å². The Balaban J connectivity index is 1.62. The standard InChI is InChI=1S/C22H20F2N2O3S/c1-15(16-5-7-17(23)8-6-16)13-22(27)25-19-9-11-21(12-10-19)30(28,29)26-20-4-2-3-18(24)14-20/h2-12,14-15,26H,13H2,1H3,(H,25,27). The summed E-state index contributed by atoms with van der Waals surface area (Å²) in [6.45, 7) is 1.86. The predicted molar refractivity (Wildman–Crippen MR) is 112 cm³/mol. The van der Waals surface area contributed by atoms with Crippen molar-refractivity contribution in [3.05, 3.63) is 90.0 Å². The summed E-state index contributed by atoms with van der Waals surface area (Å²) in [5, 5.41) is 2.71. The Morgan fingerprint density at radius 2 is 1.57 bits per heavy atom. The number of anilines is 2. The van der Waals surface area contributed by atoms with Crippen LogP contribution in [0.2, 0.25) is 0 Å². The van der Waals surface area contributed by atoms with E-state index in [1.165, 1.54) is 54.6 Å². The number of halogens is 2. The lowest BCUT2D eigenvalue weighted by molar-refractivity contribution is -0.116. The molecule has 1 atom stereocenters. The molecule has 3 aromatic rings. The molecule has 0 saturated heterocycles. The highest BCUT2D eigenvalue weighted by Gasteiger charge is 2.16. The van der Waals surface area contributed by atoms with Crippen molar-refractivity contribution in [1.29, 1.82) is 0 Å².